The Morgan fingerprint density at radius 2 is 0.783 bits per heavy atom. The Morgan fingerprint density at radius 1 is 0.478 bits per heavy atom. The van der Waals surface area contributed by atoms with Gasteiger partial charge in [0.25, 0.3) is 0 Å². The minimum Gasteiger partial charge on any atom is -0.462 e. The second-order valence-corrected chi connectivity index (χ2v) is 14.5. The van der Waals surface area contributed by atoms with Crippen molar-refractivity contribution in [3.8, 4) is 0 Å². The van der Waals surface area contributed by atoms with Crippen LogP contribution < -0.4 is 0 Å². The van der Waals surface area contributed by atoms with Gasteiger partial charge in [-0.25, -0.2) is 4.57 Å². The maximum Gasteiger partial charge on any atom is 0.469 e. The van der Waals surface area contributed by atoms with Crippen LogP contribution in [-0.2, 0) is 28.2 Å². The van der Waals surface area contributed by atoms with Crippen LogP contribution in [0, 0.1) is 0 Å². The van der Waals surface area contributed by atoms with Crippen LogP contribution in [-0.4, -0.2) is 41.0 Å². The third kappa shape index (κ3) is 35.9. The lowest BCUT2D eigenvalue weighted by Crippen LogP contribution is -2.29. The molecule has 0 aliphatic carbocycles. The summed E-state index contributed by atoms with van der Waals surface area (Å²) in [6, 6.07) is 0. The van der Waals surface area contributed by atoms with E-state index >= 15 is 0 Å². The molecule has 0 aliphatic rings. The van der Waals surface area contributed by atoms with Gasteiger partial charge in [-0.1, -0.05) is 181 Å². The zero-order valence-electron chi connectivity index (χ0n) is 30.0. The summed E-state index contributed by atoms with van der Waals surface area (Å²) < 4.78 is 26.3. The van der Waals surface area contributed by atoms with Crippen molar-refractivity contribution in [1.82, 2.24) is 0 Å². The summed E-state index contributed by atoms with van der Waals surface area (Å²) in [5, 5.41) is 0. The minimum atomic E-state index is -4.74. The van der Waals surface area contributed by atoms with Crippen LogP contribution in [0.2, 0.25) is 0 Å². The maximum absolute atomic E-state index is 12.4. The van der Waals surface area contributed by atoms with Crippen molar-refractivity contribution in [2.45, 2.75) is 213 Å². The SMILES string of the molecule is CCCCCCCCCCCCCCCCCCCCC(=O)O[C@H](COC(=O)CCCCCCCCCCCC)COP(=O)(O)O. The Hall–Kier alpha value is -0.950. The number of phosphoric acid groups is 1. The molecule has 0 spiro atoms. The predicted molar refractivity (Wildman–Crippen MR) is 189 cm³/mol. The first-order valence-electron chi connectivity index (χ1n) is 19.3. The molecule has 0 rings (SSSR count). The Balaban J connectivity index is 3.87. The van der Waals surface area contributed by atoms with Gasteiger partial charge in [-0.05, 0) is 12.8 Å². The Morgan fingerprint density at radius 3 is 1.11 bits per heavy atom. The van der Waals surface area contributed by atoms with Crippen LogP contribution in [0.1, 0.15) is 206 Å². The molecule has 0 fully saturated rings. The molecule has 0 radical (unpaired) electrons. The third-order valence-corrected chi connectivity index (χ3v) is 9.11. The highest BCUT2D eigenvalue weighted by Crippen LogP contribution is 2.36. The number of carbonyl (C=O) groups excluding carboxylic acids is 2. The summed E-state index contributed by atoms with van der Waals surface area (Å²) in [7, 11) is -4.74. The average molecular weight is 677 g/mol. The van der Waals surface area contributed by atoms with Gasteiger partial charge in [0.05, 0.1) is 6.61 Å². The molecule has 0 aromatic carbocycles. The summed E-state index contributed by atoms with van der Waals surface area (Å²) in [5.41, 5.74) is 0. The molecule has 0 aromatic rings. The molecule has 46 heavy (non-hydrogen) atoms. The highest BCUT2D eigenvalue weighted by atomic mass is 31.2. The third-order valence-electron chi connectivity index (χ3n) is 8.63. The molecular weight excluding hydrogens is 603 g/mol. The van der Waals surface area contributed by atoms with E-state index in [1.807, 2.05) is 0 Å². The predicted octanol–water partition coefficient (Wildman–Crippen LogP) is 11.3. The second-order valence-electron chi connectivity index (χ2n) is 13.3. The van der Waals surface area contributed by atoms with Crippen molar-refractivity contribution in [3.63, 3.8) is 0 Å². The maximum atomic E-state index is 12.4. The highest BCUT2D eigenvalue weighted by molar-refractivity contribution is 7.46. The Labute approximate surface area is 283 Å². The van der Waals surface area contributed by atoms with E-state index in [2.05, 4.69) is 18.4 Å². The fourth-order valence-electron chi connectivity index (χ4n) is 5.73. The molecule has 0 saturated heterocycles. The fraction of sp³-hybridized carbons (Fsp3) is 0.946. The van der Waals surface area contributed by atoms with E-state index in [0.717, 1.165) is 32.1 Å². The van der Waals surface area contributed by atoms with Crippen molar-refractivity contribution in [1.29, 1.82) is 0 Å². The number of rotatable bonds is 36. The van der Waals surface area contributed by atoms with Gasteiger partial charge in [0, 0.05) is 12.8 Å². The lowest BCUT2D eigenvalue weighted by atomic mass is 10.0. The van der Waals surface area contributed by atoms with Gasteiger partial charge in [-0.3, -0.25) is 14.1 Å². The zero-order chi connectivity index (χ0) is 34.0. The molecule has 2 N–H and O–H groups in total. The van der Waals surface area contributed by atoms with Crippen molar-refractivity contribution >= 4 is 19.8 Å². The first-order chi connectivity index (χ1) is 22.3. The van der Waals surface area contributed by atoms with Gasteiger partial charge < -0.3 is 19.3 Å². The number of hydrogen-bond acceptors (Lipinski definition) is 6. The Kier molecular flexibility index (Phi) is 33.2. The minimum absolute atomic E-state index is 0.220. The van der Waals surface area contributed by atoms with Gasteiger partial charge in [0.1, 0.15) is 6.61 Å². The standard InChI is InChI=1S/C37H73O8P/c1-3-5-7-9-11-13-15-16-17-18-19-20-21-22-24-26-28-30-32-37(39)45-35(34-44-46(40,41)42)33-43-36(38)31-29-27-25-23-14-12-10-8-6-4-2/h35H,3-34H2,1-2H3,(H2,40,41,42)/t35-/m1/s1. The Bertz CT molecular complexity index is 726. The topological polar surface area (TPSA) is 119 Å². The number of esters is 2. The second kappa shape index (κ2) is 33.9. The molecule has 274 valence electrons. The number of ether oxygens (including phenoxy) is 2. The molecule has 1 atom stereocenters. The average Bonchev–Trinajstić information content (AvgIpc) is 3.02. The first-order valence-corrected chi connectivity index (χ1v) is 20.9. The lowest BCUT2D eigenvalue weighted by Gasteiger charge is -2.18. The molecule has 8 nitrogen and oxygen atoms in total. The monoisotopic (exact) mass is 677 g/mol. The zero-order valence-corrected chi connectivity index (χ0v) is 30.9. The van der Waals surface area contributed by atoms with E-state index in [1.165, 1.54) is 141 Å². The summed E-state index contributed by atoms with van der Waals surface area (Å²) in [5.74, 6) is -0.873. The summed E-state index contributed by atoms with van der Waals surface area (Å²) in [6.07, 6.45) is 34.0. The van der Waals surface area contributed by atoms with Crippen molar-refractivity contribution in [2.24, 2.45) is 0 Å². The summed E-state index contributed by atoms with van der Waals surface area (Å²) in [6.45, 7) is 3.68. The summed E-state index contributed by atoms with van der Waals surface area (Å²) >= 11 is 0. The van der Waals surface area contributed by atoms with Gasteiger partial charge >= 0.3 is 19.8 Å². The van der Waals surface area contributed by atoms with E-state index in [0.29, 0.717) is 6.42 Å². The van der Waals surface area contributed by atoms with Crippen LogP contribution in [0.25, 0.3) is 0 Å². The van der Waals surface area contributed by atoms with E-state index in [-0.39, 0.29) is 19.4 Å². The first kappa shape index (κ1) is 45.0. The molecular formula is C37H73O8P. The van der Waals surface area contributed by atoms with Crippen molar-refractivity contribution in [3.05, 3.63) is 0 Å². The summed E-state index contributed by atoms with van der Waals surface area (Å²) in [4.78, 5) is 42.6. The number of phosphoric ester groups is 1. The molecule has 0 aromatic heterocycles. The number of unbranched alkanes of at least 4 members (excludes halogenated alkanes) is 26. The number of carbonyl (C=O) groups is 2. The number of hydrogen-bond donors (Lipinski definition) is 2. The van der Waals surface area contributed by atoms with Gasteiger partial charge in [0.15, 0.2) is 6.10 Å². The van der Waals surface area contributed by atoms with E-state index in [1.54, 1.807) is 0 Å². The molecule has 0 unspecified atom stereocenters. The molecule has 0 bridgehead atoms. The smallest absolute Gasteiger partial charge is 0.462 e. The van der Waals surface area contributed by atoms with Crippen LogP contribution in [0.15, 0.2) is 0 Å². The normalized spacial score (nSPS) is 12.3. The molecule has 9 heteroatoms. The fourth-order valence-corrected chi connectivity index (χ4v) is 6.09. The van der Waals surface area contributed by atoms with E-state index < -0.39 is 32.5 Å². The van der Waals surface area contributed by atoms with Crippen LogP contribution in [0.4, 0.5) is 0 Å². The molecule has 0 aliphatic heterocycles. The van der Waals surface area contributed by atoms with Crippen molar-refractivity contribution < 1.29 is 37.9 Å². The van der Waals surface area contributed by atoms with Crippen LogP contribution in [0.3, 0.4) is 0 Å². The largest absolute Gasteiger partial charge is 0.469 e. The highest BCUT2D eigenvalue weighted by Gasteiger charge is 2.22. The quantitative estimate of drug-likeness (QED) is 0.0382. The van der Waals surface area contributed by atoms with E-state index in [4.69, 9.17) is 19.3 Å². The van der Waals surface area contributed by atoms with Crippen LogP contribution in [0.5, 0.6) is 0 Å². The van der Waals surface area contributed by atoms with Gasteiger partial charge in [-0.2, -0.15) is 0 Å². The molecule has 0 amide bonds. The van der Waals surface area contributed by atoms with E-state index in [9.17, 15) is 14.2 Å². The molecule has 0 saturated carbocycles. The van der Waals surface area contributed by atoms with Crippen LogP contribution >= 0.6 is 7.82 Å². The molecule has 0 heterocycles. The van der Waals surface area contributed by atoms with Gasteiger partial charge in [0.2, 0.25) is 0 Å². The lowest BCUT2D eigenvalue weighted by molar-refractivity contribution is -0.161. The van der Waals surface area contributed by atoms with Gasteiger partial charge in [-0.15, -0.1) is 0 Å². The van der Waals surface area contributed by atoms with Crippen molar-refractivity contribution in [2.75, 3.05) is 13.2 Å².